The zero-order valence-electron chi connectivity index (χ0n) is 12.8. The Morgan fingerprint density at radius 1 is 1.43 bits per heavy atom. The summed E-state index contributed by atoms with van der Waals surface area (Å²) in [6, 6.07) is 2.38. The molecule has 0 bridgehead atoms. The molecule has 1 aliphatic heterocycles. The van der Waals surface area contributed by atoms with E-state index in [9.17, 15) is 4.79 Å². The number of hydrogen-bond acceptors (Lipinski definition) is 3. The normalized spacial score (nSPS) is 18.4. The summed E-state index contributed by atoms with van der Waals surface area (Å²) in [5.41, 5.74) is 4.01. The predicted molar refractivity (Wildman–Crippen MR) is 79.0 cm³/mol. The highest BCUT2D eigenvalue weighted by Gasteiger charge is 2.29. The van der Waals surface area contributed by atoms with Crippen LogP contribution in [0.3, 0.4) is 0 Å². The third kappa shape index (κ3) is 2.70. The molecule has 2 aromatic heterocycles. The van der Waals surface area contributed by atoms with Gasteiger partial charge in [-0.25, -0.2) is 4.98 Å². The number of imidazole rings is 1. The summed E-state index contributed by atoms with van der Waals surface area (Å²) in [6.45, 7) is 7.55. The SMILES string of the molecule is Cc1cc(C)n(C2CCN(C(=O)Cc3nc[nH]c3C)C2)n1. The number of carbonyl (C=O) groups is 1. The minimum absolute atomic E-state index is 0.147. The molecule has 0 saturated carbocycles. The van der Waals surface area contributed by atoms with Crippen molar-refractivity contribution >= 4 is 5.91 Å². The Balaban J connectivity index is 1.65. The third-order valence-corrected chi connectivity index (χ3v) is 4.16. The van der Waals surface area contributed by atoms with Crippen LogP contribution in [0.2, 0.25) is 0 Å². The molecule has 21 heavy (non-hydrogen) atoms. The number of hydrogen-bond donors (Lipinski definition) is 1. The van der Waals surface area contributed by atoms with Gasteiger partial charge in [-0.2, -0.15) is 5.10 Å². The number of rotatable bonds is 3. The topological polar surface area (TPSA) is 66.8 Å². The van der Waals surface area contributed by atoms with Crippen molar-refractivity contribution < 1.29 is 4.79 Å². The Labute approximate surface area is 124 Å². The highest BCUT2D eigenvalue weighted by atomic mass is 16.2. The van der Waals surface area contributed by atoms with Crippen LogP contribution in [0.5, 0.6) is 0 Å². The number of aryl methyl sites for hydroxylation is 3. The van der Waals surface area contributed by atoms with Gasteiger partial charge in [0.25, 0.3) is 0 Å². The van der Waals surface area contributed by atoms with Crippen LogP contribution in [0.25, 0.3) is 0 Å². The molecule has 1 saturated heterocycles. The molecule has 1 N–H and O–H groups in total. The first-order valence-electron chi connectivity index (χ1n) is 7.34. The lowest BCUT2D eigenvalue weighted by atomic mass is 10.2. The van der Waals surface area contributed by atoms with E-state index in [0.29, 0.717) is 12.5 Å². The van der Waals surface area contributed by atoms with Gasteiger partial charge in [0.1, 0.15) is 0 Å². The first kappa shape index (κ1) is 13.9. The van der Waals surface area contributed by atoms with E-state index in [1.54, 1.807) is 6.33 Å². The molecule has 1 fully saturated rings. The molecule has 0 radical (unpaired) electrons. The standard InChI is InChI=1S/C15H21N5O/c1-10-6-11(2)20(18-10)13-4-5-19(8-13)15(21)7-14-12(3)16-9-17-14/h6,9,13H,4-5,7-8H2,1-3H3,(H,16,17). The van der Waals surface area contributed by atoms with E-state index < -0.39 is 0 Å². The van der Waals surface area contributed by atoms with E-state index in [1.165, 1.54) is 0 Å². The average Bonchev–Trinajstić information content (AvgIpc) is 3.12. The quantitative estimate of drug-likeness (QED) is 0.931. The van der Waals surface area contributed by atoms with Crippen molar-refractivity contribution in [3.8, 4) is 0 Å². The minimum atomic E-state index is 0.147. The maximum absolute atomic E-state index is 12.4. The molecule has 1 unspecified atom stereocenters. The summed E-state index contributed by atoms with van der Waals surface area (Å²) in [5, 5.41) is 4.54. The van der Waals surface area contributed by atoms with E-state index >= 15 is 0 Å². The first-order chi connectivity index (χ1) is 10.0. The van der Waals surface area contributed by atoms with Crippen LogP contribution in [0.4, 0.5) is 0 Å². The van der Waals surface area contributed by atoms with Gasteiger partial charge in [-0.05, 0) is 33.3 Å². The van der Waals surface area contributed by atoms with Gasteiger partial charge in [0.15, 0.2) is 0 Å². The molecular weight excluding hydrogens is 266 g/mol. The molecule has 6 heteroatoms. The predicted octanol–water partition coefficient (Wildman–Crippen LogP) is 1.55. The number of amides is 1. The summed E-state index contributed by atoms with van der Waals surface area (Å²) in [5.74, 6) is 0.147. The van der Waals surface area contributed by atoms with E-state index in [0.717, 1.165) is 42.3 Å². The minimum Gasteiger partial charge on any atom is -0.348 e. The number of aromatic nitrogens is 4. The van der Waals surface area contributed by atoms with Crippen LogP contribution < -0.4 is 0 Å². The monoisotopic (exact) mass is 287 g/mol. The van der Waals surface area contributed by atoms with Crippen molar-refractivity contribution in [1.82, 2.24) is 24.6 Å². The van der Waals surface area contributed by atoms with Gasteiger partial charge in [0.05, 0.1) is 30.2 Å². The molecule has 3 heterocycles. The van der Waals surface area contributed by atoms with Crippen LogP contribution in [-0.4, -0.2) is 43.6 Å². The molecule has 3 rings (SSSR count). The smallest absolute Gasteiger partial charge is 0.228 e. The molecule has 6 nitrogen and oxygen atoms in total. The molecule has 0 aliphatic carbocycles. The fraction of sp³-hybridized carbons (Fsp3) is 0.533. The summed E-state index contributed by atoms with van der Waals surface area (Å²) in [4.78, 5) is 21.5. The highest BCUT2D eigenvalue weighted by Crippen LogP contribution is 2.23. The van der Waals surface area contributed by atoms with Crippen molar-refractivity contribution in [2.45, 2.75) is 39.7 Å². The Morgan fingerprint density at radius 3 is 2.86 bits per heavy atom. The van der Waals surface area contributed by atoms with Gasteiger partial charge in [-0.15, -0.1) is 0 Å². The molecular formula is C15H21N5O. The lowest BCUT2D eigenvalue weighted by molar-refractivity contribution is -0.129. The number of nitrogens with one attached hydrogen (secondary N) is 1. The van der Waals surface area contributed by atoms with Crippen LogP contribution in [0.1, 0.15) is 35.2 Å². The number of aromatic amines is 1. The van der Waals surface area contributed by atoms with Crippen molar-refractivity contribution in [2.75, 3.05) is 13.1 Å². The average molecular weight is 287 g/mol. The van der Waals surface area contributed by atoms with E-state index in [-0.39, 0.29) is 5.91 Å². The third-order valence-electron chi connectivity index (χ3n) is 4.16. The largest absolute Gasteiger partial charge is 0.348 e. The second-order valence-electron chi connectivity index (χ2n) is 5.80. The van der Waals surface area contributed by atoms with Gasteiger partial charge >= 0.3 is 0 Å². The van der Waals surface area contributed by atoms with Gasteiger partial charge in [-0.1, -0.05) is 0 Å². The number of carbonyl (C=O) groups excluding carboxylic acids is 1. The van der Waals surface area contributed by atoms with Gasteiger partial charge in [0.2, 0.25) is 5.91 Å². The molecule has 1 atom stereocenters. The van der Waals surface area contributed by atoms with Crippen LogP contribution >= 0.6 is 0 Å². The summed E-state index contributed by atoms with van der Waals surface area (Å²) in [7, 11) is 0. The van der Waals surface area contributed by atoms with Crippen LogP contribution in [0.15, 0.2) is 12.4 Å². The lowest BCUT2D eigenvalue weighted by Gasteiger charge is -2.17. The summed E-state index contributed by atoms with van der Waals surface area (Å²) in [6.07, 6.45) is 2.98. The zero-order chi connectivity index (χ0) is 15.0. The molecule has 2 aromatic rings. The Morgan fingerprint density at radius 2 is 2.24 bits per heavy atom. The summed E-state index contributed by atoms with van der Waals surface area (Å²) >= 11 is 0. The second-order valence-corrected chi connectivity index (χ2v) is 5.80. The Kier molecular flexibility index (Phi) is 3.53. The van der Waals surface area contributed by atoms with Crippen molar-refractivity contribution in [1.29, 1.82) is 0 Å². The van der Waals surface area contributed by atoms with Gasteiger partial charge in [0, 0.05) is 24.5 Å². The fourth-order valence-electron chi connectivity index (χ4n) is 3.00. The van der Waals surface area contributed by atoms with Crippen molar-refractivity contribution in [2.24, 2.45) is 0 Å². The lowest BCUT2D eigenvalue weighted by Crippen LogP contribution is -2.31. The number of likely N-dealkylation sites (tertiary alicyclic amines) is 1. The molecule has 1 amide bonds. The maximum atomic E-state index is 12.4. The molecule has 0 spiro atoms. The Hall–Kier alpha value is -2.11. The van der Waals surface area contributed by atoms with Crippen molar-refractivity contribution in [3.63, 3.8) is 0 Å². The molecule has 0 aromatic carbocycles. The summed E-state index contributed by atoms with van der Waals surface area (Å²) < 4.78 is 2.06. The van der Waals surface area contributed by atoms with E-state index in [4.69, 9.17) is 0 Å². The van der Waals surface area contributed by atoms with Crippen LogP contribution in [-0.2, 0) is 11.2 Å². The number of H-pyrrole nitrogens is 1. The molecule has 112 valence electrons. The second kappa shape index (κ2) is 5.35. The van der Waals surface area contributed by atoms with Gasteiger partial charge in [-0.3, -0.25) is 9.48 Å². The zero-order valence-corrected chi connectivity index (χ0v) is 12.8. The molecule has 1 aliphatic rings. The number of nitrogens with zero attached hydrogens (tertiary/aromatic N) is 4. The first-order valence-corrected chi connectivity index (χ1v) is 7.34. The highest BCUT2D eigenvalue weighted by molar-refractivity contribution is 5.78. The van der Waals surface area contributed by atoms with E-state index in [2.05, 4.69) is 32.7 Å². The van der Waals surface area contributed by atoms with Crippen molar-refractivity contribution in [3.05, 3.63) is 35.2 Å². The van der Waals surface area contributed by atoms with Gasteiger partial charge < -0.3 is 9.88 Å². The fourth-order valence-corrected chi connectivity index (χ4v) is 3.00. The van der Waals surface area contributed by atoms with E-state index in [1.807, 2.05) is 18.7 Å². The van der Waals surface area contributed by atoms with Crippen LogP contribution in [0, 0.1) is 20.8 Å². The Bertz CT molecular complexity index is 657. The maximum Gasteiger partial charge on any atom is 0.228 e.